The lowest BCUT2D eigenvalue weighted by Crippen LogP contribution is -2.19. The molecular formula is C20H22N6OS2. The van der Waals surface area contributed by atoms with Gasteiger partial charge in [-0.25, -0.2) is 9.97 Å². The number of aromatic amines is 2. The standard InChI is InChI=1S/C20H22N6OS2/c1-12-16(23-11-22-12)10-28-9-8-21-13(2)18-14(3)25-26(19(18)27)20-24-15-6-4-5-7-17(15)29-20/h4-7,11,25H,8-10H2,1-3H3,(H,22,23). The van der Waals surface area contributed by atoms with E-state index < -0.39 is 0 Å². The number of thioether (sulfide) groups is 1. The number of hydrogen-bond acceptors (Lipinski definition) is 6. The van der Waals surface area contributed by atoms with E-state index in [1.54, 1.807) is 18.1 Å². The molecule has 0 aliphatic heterocycles. The lowest BCUT2D eigenvalue weighted by Gasteiger charge is -2.00. The van der Waals surface area contributed by atoms with Crippen molar-refractivity contribution in [1.82, 2.24) is 24.7 Å². The highest BCUT2D eigenvalue weighted by Crippen LogP contribution is 2.23. The smallest absolute Gasteiger partial charge is 0.282 e. The van der Waals surface area contributed by atoms with Crippen LogP contribution in [0.25, 0.3) is 15.3 Å². The van der Waals surface area contributed by atoms with Gasteiger partial charge >= 0.3 is 0 Å². The minimum absolute atomic E-state index is 0.109. The molecule has 29 heavy (non-hydrogen) atoms. The van der Waals surface area contributed by atoms with Gasteiger partial charge in [-0.3, -0.25) is 14.9 Å². The highest BCUT2D eigenvalue weighted by molar-refractivity contribution is 7.98. The molecule has 0 aliphatic carbocycles. The zero-order valence-electron chi connectivity index (χ0n) is 16.5. The molecule has 0 spiro atoms. The summed E-state index contributed by atoms with van der Waals surface area (Å²) in [4.78, 5) is 29.6. The molecule has 0 atom stereocenters. The van der Waals surface area contributed by atoms with Crippen LogP contribution in [0.2, 0.25) is 0 Å². The summed E-state index contributed by atoms with van der Waals surface area (Å²) in [5, 5.41) is 3.79. The summed E-state index contributed by atoms with van der Waals surface area (Å²) in [6.45, 7) is 6.47. The van der Waals surface area contributed by atoms with Crippen LogP contribution in [0.5, 0.6) is 0 Å². The maximum absolute atomic E-state index is 13.0. The van der Waals surface area contributed by atoms with Crippen LogP contribution in [-0.4, -0.2) is 42.7 Å². The van der Waals surface area contributed by atoms with Crippen LogP contribution in [0, 0.1) is 13.8 Å². The lowest BCUT2D eigenvalue weighted by atomic mass is 10.2. The molecule has 150 valence electrons. The van der Waals surface area contributed by atoms with E-state index in [0.717, 1.165) is 44.5 Å². The molecule has 0 fully saturated rings. The largest absolute Gasteiger partial charge is 0.348 e. The fraction of sp³-hybridized carbons (Fsp3) is 0.300. The number of aryl methyl sites for hydroxylation is 2. The molecule has 3 aromatic heterocycles. The predicted molar refractivity (Wildman–Crippen MR) is 121 cm³/mol. The minimum Gasteiger partial charge on any atom is -0.348 e. The number of para-hydroxylation sites is 1. The number of benzene rings is 1. The first kappa shape index (κ1) is 19.7. The van der Waals surface area contributed by atoms with Crippen LogP contribution < -0.4 is 5.56 Å². The Hall–Kier alpha value is -2.65. The van der Waals surface area contributed by atoms with Crippen molar-refractivity contribution in [3.05, 3.63) is 63.6 Å². The molecule has 9 heteroatoms. The van der Waals surface area contributed by atoms with Crippen molar-refractivity contribution in [2.24, 2.45) is 4.99 Å². The van der Waals surface area contributed by atoms with Crippen molar-refractivity contribution in [2.45, 2.75) is 26.5 Å². The number of hydrogen-bond donors (Lipinski definition) is 2. The summed E-state index contributed by atoms with van der Waals surface area (Å²) in [5.41, 5.74) is 5.14. The highest BCUT2D eigenvalue weighted by Gasteiger charge is 2.17. The first-order chi connectivity index (χ1) is 14.0. The number of nitrogens with zero attached hydrogens (tertiary/aromatic N) is 4. The predicted octanol–water partition coefficient (Wildman–Crippen LogP) is 3.86. The Morgan fingerprint density at radius 3 is 2.86 bits per heavy atom. The Bertz CT molecular complexity index is 1200. The monoisotopic (exact) mass is 426 g/mol. The van der Waals surface area contributed by atoms with E-state index in [9.17, 15) is 4.79 Å². The van der Waals surface area contributed by atoms with E-state index in [4.69, 9.17) is 0 Å². The molecule has 4 aromatic rings. The van der Waals surface area contributed by atoms with Gasteiger partial charge in [0.1, 0.15) is 0 Å². The molecule has 0 bridgehead atoms. The summed E-state index contributed by atoms with van der Waals surface area (Å²) in [7, 11) is 0. The van der Waals surface area contributed by atoms with Crippen LogP contribution in [0.15, 0.2) is 40.4 Å². The average Bonchev–Trinajstić information content (AvgIpc) is 3.38. The van der Waals surface area contributed by atoms with Crippen LogP contribution >= 0.6 is 23.1 Å². The van der Waals surface area contributed by atoms with Crippen LogP contribution in [-0.2, 0) is 5.75 Å². The first-order valence-electron chi connectivity index (χ1n) is 9.30. The van der Waals surface area contributed by atoms with Gasteiger partial charge in [-0.2, -0.15) is 16.4 Å². The van der Waals surface area contributed by atoms with E-state index in [2.05, 4.69) is 25.0 Å². The summed E-state index contributed by atoms with van der Waals surface area (Å²) in [5.74, 6) is 1.73. The van der Waals surface area contributed by atoms with Crippen LogP contribution in [0.1, 0.15) is 29.6 Å². The summed E-state index contributed by atoms with van der Waals surface area (Å²) in [6, 6.07) is 7.88. The van der Waals surface area contributed by atoms with Gasteiger partial charge in [0.2, 0.25) is 5.13 Å². The van der Waals surface area contributed by atoms with Crippen molar-refractivity contribution in [3.8, 4) is 5.13 Å². The molecule has 0 radical (unpaired) electrons. The number of aromatic nitrogens is 5. The van der Waals surface area contributed by atoms with Gasteiger partial charge in [0.15, 0.2) is 0 Å². The van der Waals surface area contributed by atoms with Crippen LogP contribution in [0.3, 0.4) is 0 Å². The topological polar surface area (TPSA) is 91.7 Å². The fourth-order valence-corrected chi connectivity index (χ4v) is 4.90. The third-order valence-electron chi connectivity index (χ3n) is 4.66. The number of thiazole rings is 1. The van der Waals surface area contributed by atoms with E-state index in [1.807, 2.05) is 45.0 Å². The molecule has 0 aliphatic rings. The quantitative estimate of drug-likeness (QED) is 0.347. The van der Waals surface area contributed by atoms with Gasteiger partial charge in [-0.1, -0.05) is 23.5 Å². The molecule has 4 rings (SSSR count). The van der Waals surface area contributed by atoms with E-state index >= 15 is 0 Å². The Kier molecular flexibility index (Phi) is 5.68. The third kappa shape index (κ3) is 4.06. The Balaban J connectivity index is 1.47. The molecule has 0 amide bonds. The van der Waals surface area contributed by atoms with E-state index in [1.165, 1.54) is 16.0 Å². The van der Waals surface area contributed by atoms with Crippen LogP contribution in [0.4, 0.5) is 0 Å². The summed E-state index contributed by atoms with van der Waals surface area (Å²) < 4.78 is 2.57. The normalized spacial score (nSPS) is 12.2. The second-order valence-corrected chi connectivity index (χ2v) is 8.82. The maximum Gasteiger partial charge on any atom is 0.282 e. The number of aliphatic imine (C=N–C) groups is 1. The highest BCUT2D eigenvalue weighted by atomic mass is 32.2. The first-order valence-corrected chi connectivity index (χ1v) is 11.3. The summed E-state index contributed by atoms with van der Waals surface area (Å²) >= 11 is 3.28. The van der Waals surface area contributed by atoms with Crippen molar-refractivity contribution in [2.75, 3.05) is 12.3 Å². The van der Waals surface area contributed by atoms with Crippen molar-refractivity contribution < 1.29 is 0 Å². The average molecular weight is 427 g/mol. The number of H-pyrrole nitrogens is 2. The summed E-state index contributed by atoms with van der Waals surface area (Å²) in [6.07, 6.45) is 1.72. The minimum atomic E-state index is -0.109. The number of imidazole rings is 1. The van der Waals surface area contributed by atoms with Gasteiger partial charge in [-0.05, 0) is 32.9 Å². The Labute approximate surface area is 176 Å². The number of nitrogens with one attached hydrogen (secondary N) is 2. The maximum atomic E-state index is 13.0. The van der Waals surface area contributed by atoms with Gasteiger partial charge in [0, 0.05) is 35.2 Å². The van der Waals surface area contributed by atoms with E-state index in [0.29, 0.717) is 17.2 Å². The molecular weight excluding hydrogens is 404 g/mol. The molecule has 0 saturated heterocycles. The molecule has 0 saturated carbocycles. The number of fused-ring (bicyclic) bond motifs is 1. The molecule has 7 nitrogen and oxygen atoms in total. The number of rotatable bonds is 7. The fourth-order valence-electron chi connectivity index (χ4n) is 3.12. The zero-order chi connectivity index (χ0) is 20.4. The zero-order valence-corrected chi connectivity index (χ0v) is 18.2. The molecule has 2 N–H and O–H groups in total. The van der Waals surface area contributed by atoms with Crippen molar-refractivity contribution in [1.29, 1.82) is 0 Å². The van der Waals surface area contributed by atoms with Gasteiger partial charge in [0.05, 0.1) is 27.8 Å². The lowest BCUT2D eigenvalue weighted by molar-refractivity contribution is 0.829. The van der Waals surface area contributed by atoms with Crippen molar-refractivity contribution >= 4 is 39.0 Å². The molecule has 0 unspecified atom stereocenters. The second-order valence-electron chi connectivity index (χ2n) is 6.71. The van der Waals surface area contributed by atoms with Gasteiger partial charge < -0.3 is 4.98 Å². The van der Waals surface area contributed by atoms with Gasteiger partial charge in [-0.15, -0.1) is 0 Å². The molecule has 3 heterocycles. The van der Waals surface area contributed by atoms with Crippen molar-refractivity contribution in [3.63, 3.8) is 0 Å². The Morgan fingerprint density at radius 2 is 2.10 bits per heavy atom. The second kappa shape index (κ2) is 8.38. The third-order valence-corrected chi connectivity index (χ3v) is 6.64. The molecule has 1 aromatic carbocycles. The SMILES string of the molecule is CC(=NCCSCc1nc[nH]c1C)c1c(C)[nH]n(-c2nc3ccccc3s2)c1=O. The van der Waals surface area contributed by atoms with Gasteiger partial charge in [0.25, 0.3) is 5.56 Å². The Morgan fingerprint density at radius 1 is 1.28 bits per heavy atom. The van der Waals surface area contributed by atoms with E-state index in [-0.39, 0.29) is 5.56 Å².